The monoisotopic (exact) mass is 534 g/mol. The van der Waals surface area contributed by atoms with Crippen LogP contribution in [0.25, 0.3) is 11.3 Å². The van der Waals surface area contributed by atoms with E-state index >= 15 is 0 Å². The summed E-state index contributed by atoms with van der Waals surface area (Å²) in [5.41, 5.74) is 6.94. The van der Waals surface area contributed by atoms with Crippen LogP contribution in [-0.4, -0.2) is 41.9 Å². The SMILES string of the molecule is CN/C(=C\[N+](=O)[O-])NCCn1c(=Nc2c(C)cc(C)cc2C)cc2n(c1=O)CCc1cc(OC)c(OC)cc1-2. The topological polar surface area (TPSA) is 125 Å². The van der Waals surface area contributed by atoms with Gasteiger partial charge in [0.2, 0.25) is 0 Å². The van der Waals surface area contributed by atoms with E-state index in [2.05, 4.69) is 22.8 Å². The molecule has 0 saturated carbocycles. The fourth-order valence-electron chi connectivity index (χ4n) is 5.04. The molecule has 0 unspecified atom stereocenters. The molecule has 0 spiro atoms. The Bertz CT molecular complexity index is 1560. The Balaban J connectivity index is 1.91. The first-order valence-electron chi connectivity index (χ1n) is 12.7. The standard InChI is InChI=1S/C28H34N6O5/c1-17-11-18(2)27(19(3)12-17)31-26-15-22-21-14-24(39-6)23(38-5)13-20(21)7-9-32(22)28(35)33(26)10-8-30-25(29-4)16-34(36)37/h11-16,29-30H,7-10H2,1-6H3/b25-16+,31-26?. The Morgan fingerprint density at radius 3 is 2.38 bits per heavy atom. The average molecular weight is 535 g/mol. The number of nitrogens with zero attached hydrogens (tertiary/aromatic N) is 4. The van der Waals surface area contributed by atoms with E-state index in [0.29, 0.717) is 30.0 Å². The first-order chi connectivity index (χ1) is 18.7. The molecule has 0 bridgehead atoms. The van der Waals surface area contributed by atoms with Crippen molar-refractivity contribution in [3.05, 3.63) is 90.7 Å². The number of ether oxygens (including phenoxy) is 2. The van der Waals surface area contributed by atoms with E-state index in [1.807, 2.05) is 39.0 Å². The number of aryl methyl sites for hydroxylation is 4. The van der Waals surface area contributed by atoms with Gasteiger partial charge >= 0.3 is 5.69 Å². The normalized spacial score (nSPS) is 13.0. The molecule has 0 amide bonds. The predicted octanol–water partition coefficient (Wildman–Crippen LogP) is 2.93. The lowest BCUT2D eigenvalue weighted by molar-refractivity contribution is -0.404. The van der Waals surface area contributed by atoms with Gasteiger partial charge in [-0.25, -0.2) is 9.79 Å². The lowest BCUT2D eigenvalue weighted by Gasteiger charge is -2.24. The van der Waals surface area contributed by atoms with Crippen LogP contribution in [0.2, 0.25) is 0 Å². The van der Waals surface area contributed by atoms with Crippen LogP contribution in [-0.2, 0) is 19.5 Å². The second-order valence-corrected chi connectivity index (χ2v) is 9.45. The van der Waals surface area contributed by atoms with Gasteiger partial charge in [0.1, 0.15) is 5.49 Å². The van der Waals surface area contributed by atoms with Crippen LogP contribution in [0.1, 0.15) is 22.3 Å². The molecule has 1 aromatic heterocycles. The fraction of sp³-hybridized carbons (Fsp3) is 0.357. The summed E-state index contributed by atoms with van der Waals surface area (Å²) in [7, 11) is 4.78. The molecule has 2 aromatic carbocycles. The van der Waals surface area contributed by atoms with E-state index in [4.69, 9.17) is 14.5 Å². The molecule has 0 fully saturated rings. The van der Waals surface area contributed by atoms with E-state index in [9.17, 15) is 14.9 Å². The molecular weight excluding hydrogens is 500 g/mol. The van der Waals surface area contributed by atoms with Gasteiger partial charge < -0.3 is 20.1 Å². The van der Waals surface area contributed by atoms with Crippen LogP contribution in [0.15, 0.2) is 52.1 Å². The van der Waals surface area contributed by atoms with Crippen molar-refractivity contribution in [1.82, 2.24) is 19.8 Å². The molecule has 1 aliphatic rings. The third kappa shape index (κ3) is 5.66. The molecule has 11 heteroatoms. The number of benzene rings is 2. The van der Waals surface area contributed by atoms with Crippen LogP contribution in [0.4, 0.5) is 5.69 Å². The minimum Gasteiger partial charge on any atom is -0.493 e. The Hall–Kier alpha value is -4.54. The highest BCUT2D eigenvalue weighted by Crippen LogP contribution is 2.37. The number of fused-ring (bicyclic) bond motifs is 3. The first-order valence-corrected chi connectivity index (χ1v) is 12.7. The highest BCUT2D eigenvalue weighted by atomic mass is 16.6. The van der Waals surface area contributed by atoms with Crippen LogP contribution in [0.3, 0.4) is 0 Å². The summed E-state index contributed by atoms with van der Waals surface area (Å²) in [6.07, 6.45) is 1.51. The minimum atomic E-state index is -0.538. The summed E-state index contributed by atoms with van der Waals surface area (Å²) in [5, 5.41) is 16.7. The Morgan fingerprint density at radius 2 is 1.77 bits per heavy atom. The van der Waals surface area contributed by atoms with Gasteiger partial charge in [0, 0.05) is 38.3 Å². The van der Waals surface area contributed by atoms with Gasteiger partial charge in [-0.3, -0.25) is 19.2 Å². The Labute approximate surface area is 226 Å². The number of nitro groups is 1. The zero-order valence-corrected chi connectivity index (χ0v) is 23.1. The molecule has 0 atom stereocenters. The van der Waals surface area contributed by atoms with Crippen molar-refractivity contribution in [2.24, 2.45) is 4.99 Å². The van der Waals surface area contributed by atoms with Crippen LogP contribution in [0, 0.1) is 30.9 Å². The fourth-order valence-corrected chi connectivity index (χ4v) is 5.04. The Kier molecular flexibility index (Phi) is 8.08. The minimum absolute atomic E-state index is 0.208. The zero-order valence-electron chi connectivity index (χ0n) is 23.1. The summed E-state index contributed by atoms with van der Waals surface area (Å²) >= 11 is 0. The van der Waals surface area contributed by atoms with Crippen LogP contribution in [0.5, 0.6) is 11.5 Å². The van der Waals surface area contributed by atoms with Crippen LogP contribution >= 0.6 is 0 Å². The summed E-state index contributed by atoms with van der Waals surface area (Å²) in [6.45, 7) is 7.06. The number of hydrogen-bond acceptors (Lipinski definition) is 8. The van der Waals surface area contributed by atoms with Crippen LogP contribution < -0.4 is 31.3 Å². The largest absolute Gasteiger partial charge is 0.493 e. The van der Waals surface area contributed by atoms with E-state index < -0.39 is 4.92 Å². The van der Waals surface area contributed by atoms with Crippen molar-refractivity contribution >= 4 is 5.69 Å². The maximum atomic E-state index is 13.9. The van der Waals surface area contributed by atoms with E-state index in [1.54, 1.807) is 30.4 Å². The molecule has 4 rings (SSSR count). The van der Waals surface area contributed by atoms with Crippen molar-refractivity contribution < 1.29 is 14.4 Å². The smallest absolute Gasteiger partial charge is 0.330 e. The second kappa shape index (κ2) is 11.5. The third-order valence-corrected chi connectivity index (χ3v) is 6.80. The van der Waals surface area contributed by atoms with Gasteiger partial charge in [-0.1, -0.05) is 17.7 Å². The number of nitrogens with one attached hydrogen (secondary N) is 2. The number of rotatable bonds is 9. The first kappa shape index (κ1) is 27.5. The molecule has 1 aliphatic heterocycles. The highest BCUT2D eigenvalue weighted by molar-refractivity contribution is 5.70. The van der Waals surface area contributed by atoms with Crippen molar-refractivity contribution in [2.45, 2.75) is 40.3 Å². The predicted molar refractivity (Wildman–Crippen MR) is 149 cm³/mol. The number of hydrogen-bond donors (Lipinski definition) is 2. The molecule has 0 saturated heterocycles. The molecule has 2 N–H and O–H groups in total. The number of aromatic nitrogens is 2. The summed E-state index contributed by atoms with van der Waals surface area (Å²) in [6, 6.07) is 9.92. The van der Waals surface area contributed by atoms with Gasteiger partial charge in [0.05, 0.1) is 30.5 Å². The van der Waals surface area contributed by atoms with E-state index in [-0.39, 0.29) is 24.6 Å². The van der Waals surface area contributed by atoms with Crippen molar-refractivity contribution in [1.29, 1.82) is 0 Å². The quantitative estimate of drug-likeness (QED) is 0.319. The zero-order chi connectivity index (χ0) is 28.3. The average Bonchev–Trinajstić information content (AvgIpc) is 2.90. The van der Waals surface area contributed by atoms with Gasteiger partial charge in [-0.05, 0) is 56.0 Å². The lowest BCUT2D eigenvalue weighted by Crippen LogP contribution is -2.44. The molecule has 0 aliphatic carbocycles. The summed E-state index contributed by atoms with van der Waals surface area (Å²) in [4.78, 5) is 29.3. The molecule has 206 valence electrons. The second-order valence-electron chi connectivity index (χ2n) is 9.45. The summed E-state index contributed by atoms with van der Waals surface area (Å²) in [5.74, 6) is 1.47. The third-order valence-electron chi connectivity index (χ3n) is 6.80. The van der Waals surface area contributed by atoms with Gasteiger partial charge in [0.15, 0.2) is 17.3 Å². The molecule has 11 nitrogen and oxygen atoms in total. The molecule has 2 heterocycles. The van der Waals surface area contributed by atoms with E-state index in [1.165, 1.54) is 0 Å². The maximum absolute atomic E-state index is 13.9. The molecule has 3 aromatic rings. The number of methoxy groups -OCH3 is 2. The highest BCUT2D eigenvalue weighted by Gasteiger charge is 2.22. The molecule has 0 radical (unpaired) electrons. The van der Waals surface area contributed by atoms with Gasteiger partial charge in [0.25, 0.3) is 6.20 Å². The van der Waals surface area contributed by atoms with Crippen molar-refractivity contribution in [3.8, 4) is 22.8 Å². The maximum Gasteiger partial charge on any atom is 0.330 e. The molecule has 39 heavy (non-hydrogen) atoms. The Morgan fingerprint density at radius 1 is 1.10 bits per heavy atom. The van der Waals surface area contributed by atoms with Crippen molar-refractivity contribution in [2.75, 3.05) is 27.8 Å². The lowest BCUT2D eigenvalue weighted by atomic mass is 9.97. The van der Waals surface area contributed by atoms with Gasteiger partial charge in [-0.15, -0.1) is 0 Å². The summed E-state index contributed by atoms with van der Waals surface area (Å²) < 4.78 is 14.4. The van der Waals surface area contributed by atoms with Crippen molar-refractivity contribution in [3.63, 3.8) is 0 Å². The van der Waals surface area contributed by atoms with Gasteiger partial charge in [-0.2, -0.15) is 0 Å². The molecular formula is C28H34N6O5. The van der Waals surface area contributed by atoms with E-state index in [0.717, 1.165) is 45.4 Å².